The van der Waals surface area contributed by atoms with Gasteiger partial charge in [0.1, 0.15) is 5.88 Å². The lowest BCUT2D eigenvalue weighted by Gasteiger charge is -2.40. The molecular weight excluding hydrogens is 562 g/mol. The predicted molar refractivity (Wildman–Crippen MR) is 129 cm³/mol. The minimum Gasteiger partial charge on any atom is -0.434 e. The van der Waals surface area contributed by atoms with Gasteiger partial charge in [0.05, 0.1) is 0 Å². The van der Waals surface area contributed by atoms with Gasteiger partial charge in [-0.15, -0.1) is 11.6 Å². The molecule has 0 saturated carbocycles. The monoisotopic (exact) mass is 580 g/mol. The Bertz CT molecular complexity index is 1310. The van der Waals surface area contributed by atoms with E-state index in [4.69, 9.17) is 15.2 Å². The van der Waals surface area contributed by atoms with E-state index in [9.17, 15) is 26.2 Å². The lowest BCUT2D eigenvalue weighted by Crippen LogP contribution is -2.49. The van der Waals surface area contributed by atoms with Crippen LogP contribution >= 0.6 is 21.9 Å². The molecule has 36 heavy (non-hydrogen) atoms. The molecule has 0 fully saturated rings. The van der Waals surface area contributed by atoms with Crippen molar-refractivity contribution in [2.45, 2.75) is 25.4 Å². The van der Waals surface area contributed by atoms with E-state index in [2.05, 4.69) is 4.74 Å². The molecular formula is C22H19ClF2O8S3. The molecule has 0 aliphatic carbocycles. The highest BCUT2D eigenvalue weighted by Crippen LogP contribution is 2.70. The minimum atomic E-state index is -6.25. The van der Waals surface area contributed by atoms with Crippen LogP contribution in [0.15, 0.2) is 106 Å². The third-order valence-corrected chi connectivity index (χ3v) is 11.2. The van der Waals surface area contributed by atoms with E-state index < -0.39 is 53.1 Å². The Hall–Kier alpha value is -2.55. The van der Waals surface area contributed by atoms with Crippen LogP contribution in [0, 0.1) is 0 Å². The lowest BCUT2D eigenvalue weighted by molar-refractivity contribution is -0.150. The lowest BCUT2D eigenvalue weighted by atomic mass is 10.4. The van der Waals surface area contributed by atoms with Crippen LogP contribution < -0.4 is 0 Å². The van der Waals surface area contributed by atoms with Crippen LogP contribution in [0.5, 0.6) is 0 Å². The summed E-state index contributed by atoms with van der Waals surface area (Å²) in [7, 11) is -15.7. The number of rotatable bonds is 10. The number of carbonyl (C=O) groups is 1. The highest BCUT2D eigenvalue weighted by Gasteiger charge is 2.63. The van der Waals surface area contributed by atoms with Gasteiger partial charge in [0.25, 0.3) is 0 Å². The molecule has 0 radical (unpaired) electrons. The van der Waals surface area contributed by atoms with Gasteiger partial charge in [0, 0.05) is 14.7 Å². The predicted octanol–water partition coefficient (Wildman–Crippen LogP) is 4.82. The van der Waals surface area contributed by atoms with Crippen molar-refractivity contribution in [2.75, 3.05) is 5.88 Å². The first-order valence-electron chi connectivity index (χ1n) is 9.90. The second-order valence-electron chi connectivity index (χ2n) is 7.05. The van der Waals surface area contributed by atoms with Gasteiger partial charge in [-0.1, -0.05) is 54.6 Å². The fraction of sp³-hybridized carbons (Fsp3) is 0.136. The molecule has 0 saturated heterocycles. The fourth-order valence-electron chi connectivity index (χ4n) is 3.11. The zero-order valence-corrected chi connectivity index (χ0v) is 21.3. The third kappa shape index (κ3) is 5.56. The van der Waals surface area contributed by atoms with Crippen LogP contribution in [-0.2, 0) is 33.4 Å². The number of hydrogen-bond donors (Lipinski definition) is 1. The average Bonchev–Trinajstić information content (AvgIpc) is 2.86. The summed E-state index contributed by atoms with van der Waals surface area (Å²) in [5.74, 6) is -2.79. The van der Waals surface area contributed by atoms with Crippen molar-refractivity contribution in [3.63, 3.8) is 0 Å². The average molecular weight is 581 g/mol. The van der Waals surface area contributed by atoms with Gasteiger partial charge in [-0.25, -0.2) is 3.63 Å². The number of ether oxygens (including phenoxy) is 1. The van der Waals surface area contributed by atoms with Gasteiger partial charge < -0.3 is 4.74 Å². The van der Waals surface area contributed by atoms with Crippen LogP contribution in [0.2, 0.25) is 0 Å². The van der Waals surface area contributed by atoms with Gasteiger partial charge in [-0.3, -0.25) is 9.35 Å². The largest absolute Gasteiger partial charge is 0.434 e. The van der Waals surface area contributed by atoms with Crippen molar-refractivity contribution in [2.24, 2.45) is 0 Å². The van der Waals surface area contributed by atoms with Crippen LogP contribution in [-0.4, -0.2) is 43.9 Å². The highest BCUT2D eigenvalue weighted by molar-refractivity contribution is 8.33. The molecule has 0 amide bonds. The highest BCUT2D eigenvalue weighted by atomic mass is 35.5. The van der Waals surface area contributed by atoms with Crippen molar-refractivity contribution in [3.8, 4) is 0 Å². The molecule has 0 heterocycles. The summed E-state index contributed by atoms with van der Waals surface area (Å²) in [6, 6.07) is 22.9. The van der Waals surface area contributed by atoms with Gasteiger partial charge in [0.2, 0.25) is 0 Å². The molecule has 3 rings (SSSR count). The zero-order chi connectivity index (χ0) is 26.6. The second kappa shape index (κ2) is 10.8. The molecule has 0 aromatic heterocycles. The van der Waals surface area contributed by atoms with Crippen LogP contribution in [0.1, 0.15) is 0 Å². The SMILES string of the molecule is O=C(CCl)OC(C(F)(F)S(=O)(=O)OS(c1ccccc1)(c1ccccc1)c1ccccc1)S(=O)(=O)O. The standard InChI is InChI=1S/C22H19ClF2O8S3/c23-16-20(26)32-21(35(27,28)29)22(24,25)36(30,31)33-34(17-10-4-1-5-11-17,18-12-6-2-7-13-18)19-14-8-3-9-15-19/h1-15,21H,16H2,(H,27,28,29). The van der Waals surface area contributed by atoms with Crippen molar-refractivity contribution in [1.82, 2.24) is 0 Å². The maximum absolute atomic E-state index is 15.4. The number of esters is 1. The number of carbonyl (C=O) groups excluding carboxylic acids is 1. The smallest absolute Gasteiger partial charge is 0.423 e. The van der Waals surface area contributed by atoms with Gasteiger partial charge in [-0.2, -0.15) is 25.6 Å². The molecule has 0 aliphatic rings. The van der Waals surface area contributed by atoms with Crippen molar-refractivity contribution in [1.29, 1.82) is 0 Å². The van der Waals surface area contributed by atoms with Crippen LogP contribution in [0.25, 0.3) is 0 Å². The summed E-state index contributed by atoms with van der Waals surface area (Å²) in [6.45, 7) is 0. The molecule has 0 bridgehead atoms. The van der Waals surface area contributed by atoms with Crippen molar-refractivity contribution >= 4 is 48.1 Å². The van der Waals surface area contributed by atoms with E-state index in [1.165, 1.54) is 36.4 Å². The summed E-state index contributed by atoms with van der Waals surface area (Å²) >= 11 is 5.18. The molecule has 0 aliphatic heterocycles. The summed E-state index contributed by atoms with van der Waals surface area (Å²) in [5, 5.41) is -5.45. The molecule has 1 atom stereocenters. The minimum absolute atomic E-state index is 0.183. The quantitative estimate of drug-likeness (QED) is 0.206. The van der Waals surface area contributed by atoms with E-state index in [-0.39, 0.29) is 14.7 Å². The summed E-state index contributed by atoms with van der Waals surface area (Å²) in [4.78, 5) is 12.0. The second-order valence-corrected chi connectivity index (χ2v) is 13.3. The summed E-state index contributed by atoms with van der Waals surface area (Å²) in [5.41, 5.74) is -3.83. The number of benzene rings is 3. The summed E-state index contributed by atoms with van der Waals surface area (Å²) in [6.07, 6.45) is 0. The van der Waals surface area contributed by atoms with Crippen LogP contribution in [0.4, 0.5) is 8.78 Å². The molecule has 0 spiro atoms. The van der Waals surface area contributed by atoms with Crippen molar-refractivity contribution < 1.29 is 43.3 Å². The van der Waals surface area contributed by atoms with Gasteiger partial charge in [-0.05, 0) is 46.7 Å². The maximum Gasteiger partial charge on any atom is 0.423 e. The van der Waals surface area contributed by atoms with Crippen molar-refractivity contribution in [3.05, 3.63) is 91.0 Å². The molecule has 1 N–H and O–H groups in total. The third-order valence-electron chi connectivity index (χ3n) is 4.64. The Morgan fingerprint density at radius 3 is 1.47 bits per heavy atom. The molecule has 14 heteroatoms. The Morgan fingerprint density at radius 1 is 0.806 bits per heavy atom. The van der Waals surface area contributed by atoms with Gasteiger partial charge in [0.15, 0.2) is 0 Å². The number of alkyl halides is 3. The van der Waals surface area contributed by atoms with Gasteiger partial charge >= 0.3 is 36.9 Å². The molecule has 3 aromatic carbocycles. The fourth-order valence-corrected chi connectivity index (χ4v) is 9.57. The molecule has 1 unspecified atom stereocenters. The summed E-state index contributed by atoms with van der Waals surface area (Å²) < 4.78 is 99.2. The number of hydrogen-bond acceptors (Lipinski definition) is 7. The maximum atomic E-state index is 15.4. The molecule has 8 nitrogen and oxygen atoms in total. The first kappa shape index (κ1) is 28.0. The zero-order valence-electron chi connectivity index (χ0n) is 18.1. The first-order valence-corrected chi connectivity index (χ1v) is 14.9. The first-order chi connectivity index (χ1) is 16.9. The van der Waals surface area contributed by atoms with Crippen LogP contribution in [0.3, 0.4) is 0 Å². The molecule has 194 valence electrons. The number of halogens is 3. The Morgan fingerprint density at radius 2 is 1.17 bits per heavy atom. The Balaban J connectivity index is 2.30. The Labute approximate surface area is 213 Å². The normalized spacial score (nSPS) is 14.1. The van der Waals surface area contributed by atoms with E-state index in [0.717, 1.165) is 0 Å². The van der Waals surface area contributed by atoms with E-state index in [1.807, 2.05) is 0 Å². The molecule has 3 aromatic rings. The van der Waals surface area contributed by atoms with E-state index >= 15 is 8.78 Å². The van der Waals surface area contributed by atoms with E-state index in [0.29, 0.717) is 0 Å². The Kier molecular flexibility index (Phi) is 8.43. The van der Waals surface area contributed by atoms with E-state index in [1.54, 1.807) is 54.6 Å². The topological polar surface area (TPSA) is 124 Å².